The Kier molecular flexibility index (Phi) is 4.47. The summed E-state index contributed by atoms with van der Waals surface area (Å²) in [4.78, 5) is 26.5. The van der Waals surface area contributed by atoms with E-state index >= 15 is 0 Å². The lowest BCUT2D eigenvalue weighted by molar-refractivity contribution is -0.387. The molecular weight excluding hydrogens is 384 g/mol. The zero-order valence-electron chi connectivity index (χ0n) is 14.6. The number of hydrogen-bond acceptors (Lipinski definition) is 5. The van der Waals surface area contributed by atoms with Gasteiger partial charge < -0.3 is 9.73 Å². The van der Waals surface area contributed by atoms with Crippen molar-refractivity contribution in [3.8, 4) is 11.5 Å². The van der Waals surface area contributed by atoms with E-state index in [0.29, 0.717) is 34.7 Å². The van der Waals surface area contributed by atoms with Gasteiger partial charge in [0.2, 0.25) is 11.7 Å². The van der Waals surface area contributed by atoms with Gasteiger partial charge in [0.25, 0.3) is 5.91 Å². The number of anilines is 1. The molecule has 0 atom stereocenters. The van der Waals surface area contributed by atoms with Gasteiger partial charge in [-0.1, -0.05) is 18.2 Å². The van der Waals surface area contributed by atoms with Crippen molar-refractivity contribution >= 4 is 28.4 Å². The number of hydrogen-bond donors (Lipinski definition) is 1. The van der Waals surface area contributed by atoms with Crippen LogP contribution in [0.5, 0.6) is 0 Å². The van der Waals surface area contributed by atoms with Crippen molar-refractivity contribution < 1.29 is 22.9 Å². The quantitative estimate of drug-likeness (QED) is 0.390. The Bertz CT molecular complexity index is 1240. The zero-order valence-corrected chi connectivity index (χ0v) is 14.6. The second kappa shape index (κ2) is 7.12. The standard InChI is InChI=1S/C20H11F2N3O4/c21-14-10-15(22)17(25(27)28)9-13(14)19(26)23-12-5-3-4-11(8-12)20-24-16-6-1-2-7-18(16)29-20/h1-10H,(H,23,26). The first-order chi connectivity index (χ1) is 13.9. The first-order valence-corrected chi connectivity index (χ1v) is 8.33. The molecule has 0 saturated heterocycles. The molecule has 0 unspecified atom stereocenters. The SMILES string of the molecule is O=C(Nc1cccc(-c2nc3ccccc3o2)c1)c1cc([N+](=O)[O-])c(F)cc1F. The number of halogens is 2. The summed E-state index contributed by atoms with van der Waals surface area (Å²) in [5, 5.41) is 13.3. The van der Waals surface area contributed by atoms with Crippen LogP contribution in [-0.4, -0.2) is 15.8 Å². The van der Waals surface area contributed by atoms with Gasteiger partial charge in [0.15, 0.2) is 5.58 Å². The van der Waals surface area contributed by atoms with E-state index in [0.717, 1.165) is 0 Å². The van der Waals surface area contributed by atoms with Gasteiger partial charge in [-0.05, 0) is 30.3 Å². The number of nitro groups is 1. The fourth-order valence-corrected chi connectivity index (χ4v) is 2.78. The van der Waals surface area contributed by atoms with E-state index in [4.69, 9.17) is 4.42 Å². The highest BCUT2D eigenvalue weighted by Gasteiger charge is 2.22. The smallest absolute Gasteiger partial charge is 0.305 e. The van der Waals surface area contributed by atoms with Crippen molar-refractivity contribution in [2.24, 2.45) is 0 Å². The monoisotopic (exact) mass is 395 g/mol. The molecule has 0 aliphatic rings. The first kappa shape index (κ1) is 18.2. The predicted octanol–water partition coefficient (Wildman–Crippen LogP) is 4.93. The number of nitrogens with one attached hydrogen (secondary N) is 1. The molecule has 0 saturated carbocycles. The predicted molar refractivity (Wildman–Crippen MR) is 100 cm³/mol. The van der Waals surface area contributed by atoms with Gasteiger partial charge in [-0.15, -0.1) is 0 Å². The highest BCUT2D eigenvalue weighted by molar-refractivity contribution is 6.05. The molecule has 0 spiro atoms. The lowest BCUT2D eigenvalue weighted by Gasteiger charge is -2.07. The third kappa shape index (κ3) is 3.53. The molecule has 144 valence electrons. The Balaban J connectivity index is 1.64. The summed E-state index contributed by atoms with van der Waals surface area (Å²) in [6, 6.07) is 14.5. The van der Waals surface area contributed by atoms with Crippen molar-refractivity contribution in [2.75, 3.05) is 5.32 Å². The van der Waals surface area contributed by atoms with Crippen LogP contribution in [0.1, 0.15) is 10.4 Å². The summed E-state index contributed by atoms with van der Waals surface area (Å²) in [7, 11) is 0. The van der Waals surface area contributed by atoms with Crippen LogP contribution in [-0.2, 0) is 0 Å². The average Bonchev–Trinajstić information content (AvgIpc) is 3.12. The van der Waals surface area contributed by atoms with Crippen LogP contribution in [0, 0.1) is 21.7 Å². The highest BCUT2D eigenvalue weighted by atomic mass is 19.1. The van der Waals surface area contributed by atoms with E-state index < -0.39 is 33.7 Å². The number of benzene rings is 3. The average molecular weight is 395 g/mol. The summed E-state index contributed by atoms with van der Waals surface area (Å²) in [5.74, 6) is -3.20. The van der Waals surface area contributed by atoms with E-state index in [1.807, 2.05) is 12.1 Å². The summed E-state index contributed by atoms with van der Waals surface area (Å²) >= 11 is 0. The Labute approximate surface area is 161 Å². The molecule has 0 aliphatic heterocycles. The van der Waals surface area contributed by atoms with Gasteiger partial charge >= 0.3 is 5.69 Å². The van der Waals surface area contributed by atoms with Crippen LogP contribution in [0.25, 0.3) is 22.6 Å². The molecule has 0 bridgehead atoms. The summed E-state index contributed by atoms with van der Waals surface area (Å²) in [6.07, 6.45) is 0. The number of aromatic nitrogens is 1. The van der Waals surface area contributed by atoms with Crippen LogP contribution < -0.4 is 5.32 Å². The van der Waals surface area contributed by atoms with Crippen LogP contribution in [0.2, 0.25) is 0 Å². The van der Waals surface area contributed by atoms with Crippen LogP contribution in [0.4, 0.5) is 20.2 Å². The number of carbonyl (C=O) groups is 1. The van der Waals surface area contributed by atoms with E-state index in [1.54, 1.807) is 36.4 Å². The lowest BCUT2D eigenvalue weighted by Crippen LogP contribution is -2.14. The Morgan fingerprint density at radius 3 is 2.59 bits per heavy atom. The minimum absolute atomic E-state index is 0.279. The number of rotatable bonds is 4. The van der Waals surface area contributed by atoms with Gasteiger partial charge in [0, 0.05) is 23.4 Å². The maximum absolute atomic E-state index is 14.0. The molecule has 1 aromatic heterocycles. The molecule has 4 aromatic rings. The van der Waals surface area contributed by atoms with Gasteiger partial charge in [-0.25, -0.2) is 9.37 Å². The minimum atomic E-state index is -1.36. The molecule has 4 rings (SSSR count). The largest absolute Gasteiger partial charge is 0.436 e. The normalized spacial score (nSPS) is 10.8. The number of nitro benzene ring substituents is 1. The topological polar surface area (TPSA) is 98.3 Å². The molecule has 0 fully saturated rings. The molecule has 0 aliphatic carbocycles. The lowest BCUT2D eigenvalue weighted by atomic mass is 10.1. The van der Waals surface area contributed by atoms with E-state index in [-0.39, 0.29) is 5.69 Å². The van der Waals surface area contributed by atoms with Crippen molar-refractivity contribution in [1.29, 1.82) is 0 Å². The molecule has 7 nitrogen and oxygen atoms in total. The van der Waals surface area contributed by atoms with Gasteiger partial charge in [0.1, 0.15) is 11.3 Å². The van der Waals surface area contributed by atoms with Gasteiger partial charge in [-0.3, -0.25) is 14.9 Å². The number of amides is 1. The zero-order chi connectivity index (χ0) is 20.5. The highest BCUT2D eigenvalue weighted by Crippen LogP contribution is 2.27. The van der Waals surface area contributed by atoms with E-state index in [2.05, 4.69) is 10.3 Å². The summed E-state index contributed by atoms with van der Waals surface area (Å²) < 4.78 is 33.1. The second-order valence-corrected chi connectivity index (χ2v) is 6.06. The molecule has 3 aromatic carbocycles. The van der Waals surface area contributed by atoms with E-state index in [1.165, 1.54) is 0 Å². The number of nitrogens with zero attached hydrogens (tertiary/aromatic N) is 2. The van der Waals surface area contributed by atoms with Crippen molar-refractivity contribution in [2.45, 2.75) is 0 Å². The van der Waals surface area contributed by atoms with Crippen LogP contribution >= 0.6 is 0 Å². The molecule has 1 N–H and O–H groups in total. The Morgan fingerprint density at radius 2 is 1.83 bits per heavy atom. The molecule has 29 heavy (non-hydrogen) atoms. The van der Waals surface area contributed by atoms with Crippen molar-refractivity contribution in [3.05, 3.63) is 88.0 Å². The van der Waals surface area contributed by atoms with Crippen LogP contribution in [0.3, 0.4) is 0 Å². The number of oxazole rings is 1. The molecule has 1 heterocycles. The fourth-order valence-electron chi connectivity index (χ4n) is 2.78. The minimum Gasteiger partial charge on any atom is -0.436 e. The van der Waals surface area contributed by atoms with Crippen LogP contribution in [0.15, 0.2) is 65.1 Å². The number of fused-ring (bicyclic) bond motifs is 1. The third-order valence-corrected chi connectivity index (χ3v) is 4.14. The molecule has 1 amide bonds. The summed E-state index contributed by atoms with van der Waals surface area (Å²) in [6.45, 7) is 0. The van der Waals surface area contributed by atoms with Gasteiger partial charge in [-0.2, -0.15) is 4.39 Å². The molecule has 9 heteroatoms. The Hall–Kier alpha value is -4.14. The fraction of sp³-hybridized carbons (Fsp3) is 0. The molecular formula is C20H11F2N3O4. The first-order valence-electron chi connectivity index (χ1n) is 8.33. The number of para-hydroxylation sites is 2. The van der Waals surface area contributed by atoms with Crippen molar-refractivity contribution in [3.63, 3.8) is 0 Å². The third-order valence-electron chi connectivity index (χ3n) is 4.14. The number of carbonyl (C=O) groups excluding carboxylic acids is 1. The maximum atomic E-state index is 14.0. The second-order valence-electron chi connectivity index (χ2n) is 6.06. The Morgan fingerprint density at radius 1 is 1.03 bits per heavy atom. The van der Waals surface area contributed by atoms with E-state index in [9.17, 15) is 23.7 Å². The van der Waals surface area contributed by atoms with Crippen molar-refractivity contribution in [1.82, 2.24) is 4.98 Å². The van der Waals surface area contributed by atoms with Gasteiger partial charge in [0.05, 0.1) is 10.5 Å². The summed E-state index contributed by atoms with van der Waals surface area (Å²) in [5.41, 5.74) is 0.461. The maximum Gasteiger partial charge on any atom is 0.305 e. The molecule has 0 radical (unpaired) electrons.